The number of halogens is 1. The lowest BCUT2D eigenvalue weighted by Gasteiger charge is -2.35. The van der Waals surface area contributed by atoms with Crippen molar-refractivity contribution >= 4 is 11.6 Å². The molecule has 1 rings (SSSR count). The van der Waals surface area contributed by atoms with Crippen molar-refractivity contribution < 1.29 is 0 Å². The third kappa shape index (κ3) is 4.16. The fourth-order valence-corrected chi connectivity index (χ4v) is 2.12. The molecule has 1 atom stereocenters. The summed E-state index contributed by atoms with van der Waals surface area (Å²) in [5, 5.41) is 0. The van der Waals surface area contributed by atoms with Gasteiger partial charge in [0.1, 0.15) is 0 Å². The Labute approximate surface area is 93.2 Å². The molecular formula is C11H23ClN2. The summed E-state index contributed by atoms with van der Waals surface area (Å²) in [6.07, 6.45) is 1.29. The highest BCUT2D eigenvalue weighted by Gasteiger charge is 2.16. The molecule has 0 aromatic heterocycles. The predicted octanol–water partition coefficient (Wildman–Crippen LogP) is 1.89. The molecule has 0 amide bonds. The van der Waals surface area contributed by atoms with E-state index in [0.29, 0.717) is 0 Å². The molecule has 1 aliphatic rings. The maximum absolute atomic E-state index is 5.72. The molecule has 0 aromatic carbocycles. The van der Waals surface area contributed by atoms with Crippen molar-refractivity contribution in [2.24, 2.45) is 5.92 Å². The van der Waals surface area contributed by atoms with Crippen molar-refractivity contribution in [3.8, 4) is 0 Å². The van der Waals surface area contributed by atoms with Crippen LogP contribution in [0.4, 0.5) is 0 Å². The molecule has 1 heterocycles. The van der Waals surface area contributed by atoms with Gasteiger partial charge in [-0.25, -0.2) is 0 Å². The van der Waals surface area contributed by atoms with Crippen LogP contribution in [0.1, 0.15) is 20.3 Å². The van der Waals surface area contributed by atoms with Crippen LogP contribution >= 0.6 is 11.6 Å². The van der Waals surface area contributed by atoms with Crippen molar-refractivity contribution in [2.75, 3.05) is 45.1 Å². The maximum Gasteiger partial charge on any atom is 0.0351 e. The zero-order valence-electron chi connectivity index (χ0n) is 9.51. The third-order valence-corrected chi connectivity index (χ3v) is 3.30. The lowest BCUT2D eigenvalue weighted by atomic mass is 10.1. The van der Waals surface area contributed by atoms with Crippen molar-refractivity contribution in [2.45, 2.75) is 20.3 Å². The second-order valence-electron chi connectivity index (χ2n) is 4.34. The van der Waals surface area contributed by atoms with E-state index in [-0.39, 0.29) is 0 Å². The molecule has 1 unspecified atom stereocenters. The van der Waals surface area contributed by atoms with E-state index in [1.807, 2.05) is 0 Å². The number of rotatable bonds is 5. The van der Waals surface area contributed by atoms with Gasteiger partial charge in [-0.2, -0.15) is 0 Å². The largest absolute Gasteiger partial charge is 0.301 e. The van der Waals surface area contributed by atoms with E-state index < -0.39 is 0 Å². The predicted molar refractivity (Wildman–Crippen MR) is 63.1 cm³/mol. The van der Waals surface area contributed by atoms with Gasteiger partial charge in [-0.3, -0.25) is 4.90 Å². The Morgan fingerprint density at radius 1 is 1.14 bits per heavy atom. The first-order chi connectivity index (χ1) is 6.76. The first-order valence-corrected chi connectivity index (χ1v) is 6.30. The molecule has 2 nitrogen and oxygen atoms in total. The van der Waals surface area contributed by atoms with Gasteiger partial charge in [0, 0.05) is 45.1 Å². The quantitative estimate of drug-likeness (QED) is 0.651. The minimum Gasteiger partial charge on any atom is -0.301 e. The van der Waals surface area contributed by atoms with Gasteiger partial charge in [-0.05, 0) is 5.92 Å². The number of piperazine rings is 1. The Morgan fingerprint density at radius 2 is 1.71 bits per heavy atom. The first kappa shape index (κ1) is 12.3. The SMILES string of the molecule is CCC(C)CN1CCN(CCCl)CC1. The Morgan fingerprint density at radius 3 is 2.21 bits per heavy atom. The fraction of sp³-hybridized carbons (Fsp3) is 1.00. The van der Waals surface area contributed by atoms with Gasteiger partial charge >= 0.3 is 0 Å². The molecule has 0 aliphatic carbocycles. The number of hydrogen-bond donors (Lipinski definition) is 0. The summed E-state index contributed by atoms with van der Waals surface area (Å²) in [7, 11) is 0. The minimum absolute atomic E-state index is 0.769. The van der Waals surface area contributed by atoms with E-state index in [4.69, 9.17) is 11.6 Å². The zero-order chi connectivity index (χ0) is 10.4. The highest BCUT2D eigenvalue weighted by Crippen LogP contribution is 2.07. The van der Waals surface area contributed by atoms with Crippen LogP contribution in [0, 0.1) is 5.92 Å². The number of alkyl halides is 1. The van der Waals surface area contributed by atoms with E-state index in [1.165, 1.54) is 39.1 Å². The van der Waals surface area contributed by atoms with Gasteiger partial charge in [-0.15, -0.1) is 11.6 Å². The van der Waals surface area contributed by atoms with Gasteiger partial charge in [-0.1, -0.05) is 20.3 Å². The Kier molecular flexibility index (Phi) is 5.83. The molecular weight excluding hydrogens is 196 g/mol. The normalized spacial score (nSPS) is 22.5. The average molecular weight is 219 g/mol. The topological polar surface area (TPSA) is 6.48 Å². The van der Waals surface area contributed by atoms with Gasteiger partial charge in [0.05, 0.1) is 0 Å². The van der Waals surface area contributed by atoms with Crippen LogP contribution < -0.4 is 0 Å². The lowest BCUT2D eigenvalue weighted by molar-refractivity contribution is 0.124. The molecule has 0 bridgehead atoms. The molecule has 1 aliphatic heterocycles. The fourth-order valence-electron chi connectivity index (χ4n) is 1.88. The summed E-state index contributed by atoms with van der Waals surface area (Å²) in [6.45, 7) is 11.8. The molecule has 3 heteroatoms. The molecule has 0 radical (unpaired) electrons. The Hall–Kier alpha value is 0.210. The van der Waals surface area contributed by atoms with E-state index in [2.05, 4.69) is 23.6 Å². The zero-order valence-corrected chi connectivity index (χ0v) is 10.3. The van der Waals surface area contributed by atoms with Crippen LogP contribution in [0.15, 0.2) is 0 Å². The molecule has 0 aromatic rings. The smallest absolute Gasteiger partial charge is 0.0351 e. The van der Waals surface area contributed by atoms with Gasteiger partial charge in [0.15, 0.2) is 0 Å². The summed E-state index contributed by atoms with van der Waals surface area (Å²) in [6, 6.07) is 0. The Balaban J connectivity index is 2.15. The highest BCUT2D eigenvalue weighted by molar-refractivity contribution is 6.18. The van der Waals surface area contributed by atoms with Crippen molar-refractivity contribution in [3.05, 3.63) is 0 Å². The molecule has 0 saturated carbocycles. The van der Waals surface area contributed by atoms with Crippen LogP contribution in [-0.2, 0) is 0 Å². The standard InChI is InChI=1S/C11H23ClN2/c1-3-11(2)10-14-8-6-13(5-4-12)7-9-14/h11H,3-10H2,1-2H3. The lowest BCUT2D eigenvalue weighted by Crippen LogP contribution is -2.47. The van der Waals surface area contributed by atoms with Crippen molar-refractivity contribution in [1.82, 2.24) is 9.80 Å². The summed E-state index contributed by atoms with van der Waals surface area (Å²) in [5.41, 5.74) is 0. The minimum atomic E-state index is 0.769. The number of hydrogen-bond acceptors (Lipinski definition) is 2. The Bertz CT molecular complexity index is 144. The molecule has 0 N–H and O–H groups in total. The van der Waals surface area contributed by atoms with Gasteiger partial charge in [0.2, 0.25) is 0 Å². The molecule has 1 saturated heterocycles. The van der Waals surface area contributed by atoms with E-state index in [0.717, 1.165) is 18.3 Å². The number of nitrogens with zero attached hydrogens (tertiary/aromatic N) is 2. The summed E-state index contributed by atoms with van der Waals surface area (Å²) in [4.78, 5) is 5.04. The van der Waals surface area contributed by atoms with E-state index >= 15 is 0 Å². The van der Waals surface area contributed by atoms with Crippen LogP contribution in [0.3, 0.4) is 0 Å². The maximum atomic E-state index is 5.72. The van der Waals surface area contributed by atoms with Crippen molar-refractivity contribution in [3.63, 3.8) is 0 Å². The molecule has 1 fully saturated rings. The monoisotopic (exact) mass is 218 g/mol. The summed E-state index contributed by atoms with van der Waals surface area (Å²) >= 11 is 5.72. The van der Waals surface area contributed by atoms with Crippen LogP contribution in [0.5, 0.6) is 0 Å². The first-order valence-electron chi connectivity index (χ1n) is 5.77. The second kappa shape index (κ2) is 6.65. The average Bonchev–Trinajstić information content (AvgIpc) is 2.21. The molecule has 0 spiro atoms. The van der Waals surface area contributed by atoms with Crippen LogP contribution in [-0.4, -0.2) is 54.9 Å². The van der Waals surface area contributed by atoms with E-state index in [1.54, 1.807) is 0 Å². The van der Waals surface area contributed by atoms with Gasteiger partial charge < -0.3 is 4.90 Å². The van der Waals surface area contributed by atoms with Crippen LogP contribution in [0.2, 0.25) is 0 Å². The summed E-state index contributed by atoms with van der Waals surface area (Å²) in [5.74, 6) is 1.61. The second-order valence-corrected chi connectivity index (χ2v) is 4.72. The molecule has 84 valence electrons. The third-order valence-electron chi connectivity index (χ3n) is 3.13. The van der Waals surface area contributed by atoms with Gasteiger partial charge in [0.25, 0.3) is 0 Å². The van der Waals surface area contributed by atoms with Crippen molar-refractivity contribution in [1.29, 1.82) is 0 Å². The summed E-state index contributed by atoms with van der Waals surface area (Å²) < 4.78 is 0. The van der Waals surface area contributed by atoms with Crippen LogP contribution in [0.25, 0.3) is 0 Å². The van der Waals surface area contributed by atoms with E-state index in [9.17, 15) is 0 Å². The molecule has 14 heavy (non-hydrogen) atoms. The highest BCUT2D eigenvalue weighted by atomic mass is 35.5.